The van der Waals surface area contributed by atoms with Crippen LogP contribution in [0.15, 0.2) is 0 Å². The molecule has 3 heteroatoms. The molecular weight excluding hydrogens is 188 g/mol. The van der Waals surface area contributed by atoms with Crippen LogP contribution < -0.4 is 5.32 Å². The van der Waals surface area contributed by atoms with Crippen LogP contribution >= 0.6 is 0 Å². The predicted molar refractivity (Wildman–Crippen MR) is 64.2 cm³/mol. The van der Waals surface area contributed by atoms with Crippen molar-refractivity contribution in [3.8, 4) is 0 Å². The van der Waals surface area contributed by atoms with Gasteiger partial charge in [-0.05, 0) is 38.4 Å². The van der Waals surface area contributed by atoms with Crippen LogP contribution in [0.1, 0.15) is 26.7 Å². The van der Waals surface area contributed by atoms with E-state index in [1.807, 2.05) is 0 Å². The van der Waals surface area contributed by atoms with Crippen molar-refractivity contribution in [3.63, 3.8) is 0 Å². The third-order valence-electron chi connectivity index (χ3n) is 3.32. The van der Waals surface area contributed by atoms with Gasteiger partial charge in [0.1, 0.15) is 0 Å². The van der Waals surface area contributed by atoms with E-state index < -0.39 is 0 Å². The molecule has 3 nitrogen and oxygen atoms in total. The van der Waals surface area contributed by atoms with Gasteiger partial charge in [0.15, 0.2) is 0 Å². The van der Waals surface area contributed by atoms with Gasteiger partial charge in [0, 0.05) is 19.7 Å². The van der Waals surface area contributed by atoms with Crippen LogP contribution in [-0.4, -0.2) is 50.8 Å². The molecule has 0 aliphatic carbocycles. The minimum absolute atomic E-state index is 0.558. The van der Waals surface area contributed by atoms with Gasteiger partial charge in [-0.25, -0.2) is 0 Å². The van der Waals surface area contributed by atoms with Crippen LogP contribution in [-0.2, 0) is 4.74 Å². The molecule has 1 atom stereocenters. The Labute approximate surface area is 94.2 Å². The molecule has 0 bridgehead atoms. The fourth-order valence-corrected chi connectivity index (χ4v) is 2.19. The van der Waals surface area contributed by atoms with Crippen molar-refractivity contribution < 1.29 is 4.74 Å². The van der Waals surface area contributed by atoms with Crippen molar-refractivity contribution in [2.75, 3.05) is 39.9 Å². The molecule has 0 radical (unpaired) electrons. The summed E-state index contributed by atoms with van der Waals surface area (Å²) in [5.41, 5.74) is 0. The van der Waals surface area contributed by atoms with Crippen LogP contribution in [0, 0.1) is 5.92 Å². The summed E-state index contributed by atoms with van der Waals surface area (Å²) in [6, 6.07) is 0.558. The SMILES string of the molecule is CCNCC(COC)N1CCC(C)CC1. The Bertz CT molecular complexity index is 156. The first-order chi connectivity index (χ1) is 7.27. The third-order valence-corrected chi connectivity index (χ3v) is 3.32. The highest BCUT2D eigenvalue weighted by atomic mass is 16.5. The monoisotopic (exact) mass is 214 g/mol. The van der Waals surface area contributed by atoms with E-state index >= 15 is 0 Å². The van der Waals surface area contributed by atoms with Gasteiger partial charge in [0.25, 0.3) is 0 Å². The molecule has 1 aliphatic heterocycles. The van der Waals surface area contributed by atoms with Gasteiger partial charge in [-0.15, -0.1) is 0 Å². The predicted octanol–water partition coefficient (Wildman–Crippen LogP) is 1.34. The van der Waals surface area contributed by atoms with Gasteiger partial charge in [-0.1, -0.05) is 13.8 Å². The highest BCUT2D eigenvalue weighted by Crippen LogP contribution is 2.17. The summed E-state index contributed by atoms with van der Waals surface area (Å²) in [5.74, 6) is 0.906. The number of hydrogen-bond donors (Lipinski definition) is 1. The highest BCUT2D eigenvalue weighted by molar-refractivity contribution is 4.78. The van der Waals surface area contributed by atoms with Crippen LogP contribution in [0.2, 0.25) is 0 Å². The van der Waals surface area contributed by atoms with Crippen LogP contribution in [0.4, 0.5) is 0 Å². The van der Waals surface area contributed by atoms with Crippen LogP contribution in [0.5, 0.6) is 0 Å². The molecule has 1 heterocycles. The molecule has 1 aliphatic rings. The van der Waals surface area contributed by atoms with E-state index in [4.69, 9.17) is 4.74 Å². The molecule has 0 aromatic carbocycles. The van der Waals surface area contributed by atoms with E-state index in [2.05, 4.69) is 24.1 Å². The second-order valence-electron chi connectivity index (χ2n) is 4.64. The number of hydrogen-bond acceptors (Lipinski definition) is 3. The topological polar surface area (TPSA) is 24.5 Å². The number of nitrogens with zero attached hydrogens (tertiary/aromatic N) is 1. The van der Waals surface area contributed by atoms with Crippen molar-refractivity contribution in [3.05, 3.63) is 0 Å². The molecule has 0 amide bonds. The zero-order valence-corrected chi connectivity index (χ0v) is 10.5. The zero-order valence-electron chi connectivity index (χ0n) is 10.5. The maximum Gasteiger partial charge on any atom is 0.0630 e. The largest absolute Gasteiger partial charge is 0.383 e. The Morgan fingerprint density at radius 3 is 2.60 bits per heavy atom. The summed E-state index contributed by atoms with van der Waals surface area (Å²) in [6.45, 7) is 9.93. The molecule has 1 saturated heterocycles. The molecule has 1 N–H and O–H groups in total. The van der Waals surface area contributed by atoms with Crippen molar-refractivity contribution >= 4 is 0 Å². The normalized spacial score (nSPS) is 21.8. The summed E-state index contributed by atoms with van der Waals surface area (Å²) < 4.78 is 5.30. The molecule has 15 heavy (non-hydrogen) atoms. The minimum atomic E-state index is 0.558. The van der Waals surface area contributed by atoms with Gasteiger partial charge in [0.05, 0.1) is 6.61 Å². The maximum atomic E-state index is 5.30. The first-order valence-electron chi connectivity index (χ1n) is 6.21. The smallest absolute Gasteiger partial charge is 0.0630 e. The fourth-order valence-electron chi connectivity index (χ4n) is 2.19. The van der Waals surface area contributed by atoms with Gasteiger partial charge in [-0.3, -0.25) is 4.90 Å². The molecule has 0 aromatic heterocycles. The van der Waals surface area contributed by atoms with Crippen LogP contribution in [0.25, 0.3) is 0 Å². The zero-order chi connectivity index (χ0) is 11.1. The van der Waals surface area contributed by atoms with Crippen molar-refractivity contribution in [2.45, 2.75) is 32.7 Å². The Hall–Kier alpha value is -0.120. The lowest BCUT2D eigenvalue weighted by Crippen LogP contribution is -2.48. The number of ether oxygens (including phenoxy) is 1. The van der Waals surface area contributed by atoms with Crippen molar-refractivity contribution in [2.24, 2.45) is 5.92 Å². The lowest BCUT2D eigenvalue weighted by atomic mass is 9.98. The molecule has 1 fully saturated rings. The van der Waals surface area contributed by atoms with E-state index in [0.717, 1.165) is 25.6 Å². The van der Waals surface area contributed by atoms with Crippen molar-refractivity contribution in [1.82, 2.24) is 10.2 Å². The Morgan fingerprint density at radius 2 is 2.07 bits per heavy atom. The second-order valence-corrected chi connectivity index (χ2v) is 4.64. The number of likely N-dealkylation sites (N-methyl/N-ethyl adjacent to an activating group) is 1. The number of piperidine rings is 1. The van der Waals surface area contributed by atoms with Gasteiger partial charge >= 0.3 is 0 Å². The first-order valence-corrected chi connectivity index (χ1v) is 6.21. The molecule has 1 rings (SSSR count). The number of nitrogens with one attached hydrogen (secondary N) is 1. The van der Waals surface area contributed by atoms with E-state index in [9.17, 15) is 0 Å². The number of likely N-dealkylation sites (tertiary alicyclic amines) is 1. The minimum Gasteiger partial charge on any atom is -0.383 e. The van der Waals surface area contributed by atoms with Crippen molar-refractivity contribution in [1.29, 1.82) is 0 Å². The highest BCUT2D eigenvalue weighted by Gasteiger charge is 2.22. The lowest BCUT2D eigenvalue weighted by molar-refractivity contribution is 0.0669. The average molecular weight is 214 g/mol. The molecule has 0 spiro atoms. The Morgan fingerprint density at radius 1 is 1.40 bits per heavy atom. The Kier molecular flexibility index (Phi) is 6.22. The summed E-state index contributed by atoms with van der Waals surface area (Å²) >= 11 is 0. The molecule has 0 aromatic rings. The van der Waals surface area contributed by atoms with E-state index in [1.165, 1.54) is 25.9 Å². The molecule has 0 saturated carbocycles. The lowest BCUT2D eigenvalue weighted by Gasteiger charge is -2.36. The van der Waals surface area contributed by atoms with Crippen LogP contribution in [0.3, 0.4) is 0 Å². The number of rotatable bonds is 6. The second kappa shape index (κ2) is 7.20. The molecular formula is C12H26N2O. The van der Waals surface area contributed by atoms with Gasteiger partial charge in [0.2, 0.25) is 0 Å². The quantitative estimate of drug-likeness (QED) is 0.722. The third kappa shape index (κ3) is 4.49. The summed E-state index contributed by atoms with van der Waals surface area (Å²) in [5, 5.41) is 3.42. The Balaban J connectivity index is 2.33. The summed E-state index contributed by atoms with van der Waals surface area (Å²) in [4.78, 5) is 2.58. The molecule has 1 unspecified atom stereocenters. The standard InChI is InChI=1S/C12H26N2O/c1-4-13-9-12(10-15-3)14-7-5-11(2)6-8-14/h11-13H,4-10H2,1-3H3. The number of methoxy groups -OCH3 is 1. The summed E-state index contributed by atoms with van der Waals surface area (Å²) in [6.07, 6.45) is 2.68. The van der Waals surface area contributed by atoms with E-state index in [-0.39, 0.29) is 0 Å². The van der Waals surface area contributed by atoms with E-state index in [0.29, 0.717) is 6.04 Å². The summed E-state index contributed by atoms with van der Waals surface area (Å²) in [7, 11) is 1.80. The van der Waals surface area contributed by atoms with Gasteiger partial charge in [-0.2, -0.15) is 0 Å². The van der Waals surface area contributed by atoms with E-state index in [1.54, 1.807) is 7.11 Å². The maximum absolute atomic E-state index is 5.30. The molecule has 90 valence electrons. The van der Waals surface area contributed by atoms with Gasteiger partial charge < -0.3 is 10.1 Å². The average Bonchev–Trinajstić information content (AvgIpc) is 2.25. The first kappa shape index (κ1) is 12.9. The fraction of sp³-hybridized carbons (Fsp3) is 1.00.